The van der Waals surface area contributed by atoms with Crippen LogP contribution in [0.1, 0.15) is 21.5 Å². The third kappa shape index (κ3) is 2.69. The summed E-state index contributed by atoms with van der Waals surface area (Å²) in [5, 5.41) is 11.9. The topological polar surface area (TPSA) is 96.6 Å². The number of carbonyl (C=O) groups excluding carboxylic acids is 1. The zero-order valence-electron chi connectivity index (χ0n) is 12.4. The van der Waals surface area contributed by atoms with Crippen molar-refractivity contribution in [2.24, 2.45) is 0 Å². The SMILES string of the molecule is Cc1cccn2c(=O)c(C(=O)Nc3cnccc3CO)cnc12. The number of pyridine rings is 2. The van der Waals surface area contributed by atoms with E-state index in [2.05, 4.69) is 15.3 Å². The molecule has 0 aliphatic rings. The maximum absolute atomic E-state index is 12.5. The highest BCUT2D eigenvalue weighted by Gasteiger charge is 2.15. The third-order valence-corrected chi connectivity index (χ3v) is 3.50. The monoisotopic (exact) mass is 310 g/mol. The minimum atomic E-state index is -0.596. The van der Waals surface area contributed by atoms with Gasteiger partial charge < -0.3 is 10.4 Å². The van der Waals surface area contributed by atoms with Gasteiger partial charge in [0.2, 0.25) is 0 Å². The number of anilines is 1. The van der Waals surface area contributed by atoms with Crippen LogP contribution in [0.2, 0.25) is 0 Å². The van der Waals surface area contributed by atoms with E-state index in [4.69, 9.17) is 0 Å². The van der Waals surface area contributed by atoms with Gasteiger partial charge in [0.1, 0.15) is 11.2 Å². The first-order valence-electron chi connectivity index (χ1n) is 6.94. The van der Waals surface area contributed by atoms with Crippen molar-refractivity contribution >= 4 is 17.2 Å². The van der Waals surface area contributed by atoms with Crippen LogP contribution in [0.5, 0.6) is 0 Å². The van der Waals surface area contributed by atoms with E-state index in [1.54, 1.807) is 18.3 Å². The number of aromatic nitrogens is 3. The Morgan fingerprint density at radius 2 is 2.17 bits per heavy atom. The quantitative estimate of drug-likeness (QED) is 0.756. The lowest BCUT2D eigenvalue weighted by Gasteiger charge is -2.09. The first-order valence-corrected chi connectivity index (χ1v) is 6.94. The van der Waals surface area contributed by atoms with Gasteiger partial charge in [0.15, 0.2) is 0 Å². The molecule has 0 radical (unpaired) electrons. The van der Waals surface area contributed by atoms with E-state index < -0.39 is 11.5 Å². The predicted molar refractivity (Wildman–Crippen MR) is 84.3 cm³/mol. The minimum Gasteiger partial charge on any atom is -0.392 e. The second kappa shape index (κ2) is 5.98. The normalized spacial score (nSPS) is 10.7. The summed E-state index contributed by atoms with van der Waals surface area (Å²) in [5.41, 5.74) is 1.68. The summed E-state index contributed by atoms with van der Waals surface area (Å²) < 4.78 is 1.33. The molecule has 116 valence electrons. The maximum Gasteiger partial charge on any atom is 0.270 e. The van der Waals surface area contributed by atoms with Gasteiger partial charge in [0, 0.05) is 24.2 Å². The van der Waals surface area contributed by atoms with E-state index in [0.29, 0.717) is 16.9 Å². The second-order valence-electron chi connectivity index (χ2n) is 5.01. The Balaban J connectivity index is 2.02. The van der Waals surface area contributed by atoms with Crippen LogP contribution in [-0.2, 0) is 6.61 Å². The Labute approximate surface area is 131 Å². The minimum absolute atomic E-state index is 0.0826. The Morgan fingerprint density at radius 1 is 1.35 bits per heavy atom. The number of fused-ring (bicyclic) bond motifs is 1. The molecule has 1 amide bonds. The molecule has 2 N–H and O–H groups in total. The molecule has 0 spiro atoms. The first-order chi connectivity index (χ1) is 11.1. The van der Waals surface area contributed by atoms with Crippen LogP contribution in [-0.4, -0.2) is 25.4 Å². The van der Waals surface area contributed by atoms with Crippen LogP contribution in [0.4, 0.5) is 5.69 Å². The lowest BCUT2D eigenvalue weighted by molar-refractivity contribution is 0.102. The summed E-state index contributed by atoms with van der Waals surface area (Å²) in [4.78, 5) is 32.9. The second-order valence-corrected chi connectivity index (χ2v) is 5.01. The van der Waals surface area contributed by atoms with E-state index in [1.807, 2.05) is 13.0 Å². The number of nitrogens with zero attached hydrogens (tertiary/aromatic N) is 3. The number of carbonyl (C=O) groups is 1. The van der Waals surface area contributed by atoms with Crippen LogP contribution in [0, 0.1) is 6.92 Å². The summed E-state index contributed by atoms with van der Waals surface area (Å²) in [6.45, 7) is 1.59. The fourth-order valence-electron chi connectivity index (χ4n) is 2.27. The lowest BCUT2D eigenvalue weighted by atomic mass is 10.2. The van der Waals surface area contributed by atoms with Crippen molar-refractivity contribution < 1.29 is 9.90 Å². The number of aliphatic hydroxyl groups excluding tert-OH is 1. The van der Waals surface area contributed by atoms with Crippen LogP contribution >= 0.6 is 0 Å². The molecule has 7 heteroatoms. The van der Waals surface area contributed by atoms with Gasteiger partial charge in [-0.25, -0.2) is 4.98 Å². The molecule has 0 aliphatic carbocycles. The largest absolute Gasteiger partial charge is 0.392 e. The van der Waals surface area contributed by atoms with E-state index in [0.717, 1.165) is 5.56 Å². The zero-order chi connectivity index (χ0) is 16.4. The van der Waals surface area contributed by atoms with Crippen LogP contribution < -0.4 is 10.9 Å². The lowest BCUT2D eigenvalue weighted by Crippen LogP contribution is -2.27. The molecule has 0 aliphatic heterocycles. The van der Waals surface area contributed by atoms with Crippen molar-refractivity contribution in [3.63, 3.8) is 0 Å². The molecule has 0 saturated carbocycles. The van der Waals surface area contributed by atoms with E-state index in [-0.39, 0.29) is 12.2 Å². The molecule has 7 nitrogen and oxygen atoms in total. The van der Waals surface area contributed by atoms with Gasteiger partial charge in [-0.1, -0.05) is 6.07 Å². The maximum atomic E-state index is 12.5. The standard InChI is InChI=1S/C16H14N4O3/c1-10-3-2-6-20-14(10)18-7-12(16(20)23)15(22)19-13-8-17-5-4-11(13)9-21/h2-8,21H,9H2,1H3,(H,19,22). The Morgan fingerprint density at radius 3 is 2.96 bits per heavy atom. The van der Waals surface area contributed by atoms with E-state index in [9.17, 15) is 14.7 Å². The molecule has 3 aromatic heterocycles. The molecular formula is C16H14N4O3. The average Bonchev–Trinajstić information content (AvgIpc) is 2.56. The molecule has 0 saturated heterocycles. The zero-order valence-corrected chi connectivity index (χ0v) is 12.4. The number of aryl methyl sites for hydroxylation is 1. The molecule has 0 fully saturated rings. The smallest absolute Gasteiger partial charge is 0.270 e. The van der Waals surface area contributed by atoms with Crippen molar-refractivity contribution in [1.29, 1.82) is 0 Å². The molecule has 0 aromatic carbocycles. The number of aliphatic hydroxyl groups is 1. The van der Waals surface area contributed by atoms with Crippen molar-refractivity contribution in [1.82, 2.24) is 14.4 Å². The number of rotatable bonds is 3. The van der Waals surface area contributed by atoms with Crippen molar-refractivity contribution in [2.75, 3.05) is 5.32 Å². The highest BCUT2D eigenvalue weighted by molar-refractivity contribution is 6.04. The number of nitrogens with one attached hydrogen (secondary N) is 1. The summed E-state index contributed by atoms with van der Waals surface area (Å²) in [6, 6.07) is 5.15. The molecule has 3 aromatic rings. The van der Waals surface area contributed by atoms with Crippen molar-refractivity contribution in [3.05, 3.63) is 70.0 Å². The highest BCUT2D eigenvalue weighted by Crippen LogP contribution is 2.14. The fourth-order valence-corrected chi connectivity index (χ4v) is 2.27. The summed E-state index contributed by atoms with van der Waals surface area (Å²) in [7, 11) is 0. The van der Waals surface area contributed by atoms with Gasteiger partial charge >= 0.3 is 0 Å². The van der Waals surface area contributed by atoms with Gasteiger partial charge in [0.25, 0.3) is 11.5 Å². The van der Waals surface area contributed by atoms with Gasteiger partial charge in [-0.3, -0.25) is 19.0 Å². The Hall–Kier alpha value is -3.06. The van der Waals surface area contributed by atoms with Gasteiger partial charge in [-0.05, 0) is 24.6 Å². The predicted octanol–water partition coefficient (Wildman–Crippen LogP) is 1.14. The van der Waals surface area contributed by atoms with E-state index in [1.165, 1.54) is 23.0 Å². The highest BCUT2D eigenvalue weighted by atomic mass is 16.3. The molecule has 3 heterocycles. The number of hydrogen-bond acceptors (Lipinski definition) is 5. The number of amides is 1. The van der Waals surface area contributed by atoms with Crippen LogP contribution in [0.15, 0.2) is 47.8 Å². The van der Waals surface area contributed by atoms with E-state index >= 15 is 0 Å². The van der Waals surface area contributed by atoms with Gasteiger partial charge in [0.05, 0.1) is 18.5 Å². The summed E-state index contributed by atoms with van der Waals surface area (Å²) >= 11 is 0. The fraction of sp³-hybridized carbons (Fsp3) is 0.125. The van der Waals surface area contributed by atoms with Crippen molar-refractivity contribution in [3.8, 4) is 0 Å². The molecule has 0 bridgehead atoms. The molecule has 0 atom stereocenters. The molecule has 23 heavy (non-hydrogen) atoms. The van der Waals surface area contributed by atoms with Crippen molar-refractivity contribution in [2.45, 2.75) is 13.5 Å². The third-order valence-electron chi connectivity index (χ3n) is 3.50. The van der Waals surface area contributed by atoms with Crippen LogP contribution in [0.25, 0.3) is 5.65 Å². The summed E-state index contributed by atoms with van der Waals surface area (Å²) in [5.74, 6) is -0.596. The first kappa shape index (κ1) is 14.9. The average molecular weight is 310 g/mol. The van der Waals surface area contributed by atoms with Gasteiger partial charge in [-0.2, -0.15) is 0 Å². The Bertz CT molecular complexity index is 949. The van der Waals surface area contributed by atoms with Gasteiger partial charge in [-0.15, -0.1) is 0 Å². The van der Waals surface area contributed by atoms with Crippen LogP contribution in [0.3, 0.4) is 0 Å². The molecule has 0 unspecified atom stereocenters. The molecule has 3 rings (SSSR count). The Kier molecular flexibility index (Phi) is 3.86. The molecular weight excluding hydrogens is 296 g/mol. The number of hydrogen-bond donors (Lipinski definition) is 2. The summed E-state index contributed by atoms with van der Waals surface area (Å²) in [6.07, 6.45) is 5.75.